The van der Waals surface area contributed by atoms with Crippen molar-refractivity contribution in [3.63, 3.8) is 0 Å². The number of non-ortho nitro benzene ring substituents is 1. The molecule has 2 amide bonds. The molecule has 31 heavy (non-hydrogen) atoms. The number of aromatic nitrogens is 1. The number of H-pyrrole nitrogens is 1. The fourth-order valence-corrected chi connectivity index (χ4v) is 4.50. The number of hydrogen-bond acceptors (Lipinski definition) is 5. The number of aromatic amines is 1. The van der Waals surface area contributed by atoms with Crippen molar-refractivity contribution in [2.45, 2.75) is 18.9 Å². The number of rotatable bonds is 3. The van der Waals surface area contributed by atoms with Crippen molar-refractivity contribution in [2.24, 2.45) is 5.10 Å². The van der Waals surface area contributed by atoms with E-state index in [1.807, 2.05) is 24.3 Å². The minimum absolute atomic E-state index is 0.0296. The van der Waals surface area contributed by atoms with Crippen molar-refractivity contribution >= 4 is 34.6 Å². The number of carbonyl (C=O) groups is 2. The largest absolute Gasteiger partial charge is 0.356 e. The van der Waals surface area contributed by atoms with Crippen molar-refractivity contribution in [3.8, 4) is 0 Å². The number of para-hydroxylation sites is 1. The van der Waals surface area contributed by atoms with Crippen LogP contribution < -0.4 is 0 Å². The number of piperazine rings is 1. The van der Waals surface area contributed by atoms with E-state index in [1.165, 1.54) is 23.4 Å². The van der Waals surface area contributed by atoms with Crippen molar-refractivity contribution in [2.75, 3.05) is 13.1 Å². The summed E-state index contributed by atoms with van der Waals surface area (Å²) in [6, 6.07) is 13.7. The van der Waals surface area contributed by atoms with E-state index in [9.17, 15) is 19.7 Å². The number of amides is 2. The maximum atomic E-state index is 13.5. The first kappa shape index (κ1) is 19.0. The molecule has 0 saturated carbocycles. The topological polar surface area (TPSA) is 112 Å². The zero-order valence-electron chi connectivity index (χ0n) is 16.7. The minimum Gasteiger partial charge on any atom is -0.356 e. The van der Waals surface area contributed by atoms with Gasteiger partial charge in [0.1, 0.15) is 6.54 Å². The molecule has 0 bridgehead atoms. The maximum absolute atomic E-state index is 13.5. The van der Waals surface area contributed by atoms with Gasteiger partial charge in [-0.25, -0.2) is 5.01 Å². The number of hydrogen-bond donors (Lipinski definition) is 1. The molecule has 1 fully saturated rings. The lowest BCUT2D eigenvalue weighted by atomic mass is 9.83. The number of carbonyl (C=O) groups excluding carboxylic acids is 2. The summed E-state index contributed by atoms with van der Waals surface area (Å²) in [5.41, 5.74) is 2.10. The Bertz CT molecular complexity index is 1260. The van der Waals surface area contributed by atoms with Crippen LogP contribution in [0.2, 0.25) is 0 Å². The Balaban J connectivity index is 1.51. The minimum atomic E-state index is -1.17. The predicted molar refractivity (Wildman–Crippen MR) is 113 cm³/mol. The number of nitrogens with one attached hydrogen (secondary N) is 1. The fraction of sp³-hybridized carbons (Fsp3) is 0.227. The summed E-state index contributed by atoms with van der Waals surface area (Å²) in [6.45, 7) is 2.08. The molecule has 2 aliphatic heterocycles. The van der Waals surface area contributed by atoms with Gasteiger partial charge >= 0.3 is 0 Å². The molecule has 0 unspecified atom stereocenters. The first-order valence-electron chi connectivity index (χ1n) is 9.90. The van der Waals surface area contributed by atoms with Gasteiger partial charge in [-0.15, -0.1) is 0 Å². The van der Waals surface area contributed by atoms with Gasteiger partial charge < -0.3 is 9.88 Å². The second-order valence-electron chi connectivity index (χ2n) is 7.85. The van der Waals surface area contributed by atoms with E-state index < -0.39 is 10.5 Å². The van der Waals surface area contributed by atoms with Gasteiger partial charge in [-0.3, -0.25) is 19.7 Å². The highest BCUT2D eigenvalue weighted by molar-refractivity contribution is 6.01. The highest BCUT2D eigenvalue weighted by atomic mass is 16.6. The highest BCUT2D eigenvalue weighted by Gasteiger charge is 2.54. The van der Waals surface area contributed by atoms with Gasteiger partial charge in [-0.05, 0) is 42.7 Å². The number of nitrogens with zero attached hydrogens (tertiary/aromatic N) is 4. The lowest BCUT2D eigenvalue weighted by molar-refractivity contribution is -0.384. The molecular weight excluding hydrogens is 398 g/mol. The van der Waals surface area contributed by atoms with Crippen LogP contribution in [0.5, 0.6) is 0 Å². The van der Waals surface area contributed by atoms with Crippen LogP contribution in [-0.4, -0.2) is 50.9 Å². The standard InChI is InChI=1S/C22H19N5O4/c1-22-20-17(16-4-2-3-5-18(16)24-20)10-11-25(22)19(28)13-26(21(22)29)23-12-14-6-8-15(9-7-14)27(30)31/h2-9,12,24H,10-11,13H2,1H3/b23-12-/t22-/m1/s1. The highest BCUT2D eigenvalue weighted by Crippen LogP contribution is 2.41. The SMILES string of the molecule is C[C@@]12C(=O)N(/N=C\c3ccc([N+](=O)[O-])cc3)CC(=O)N1CCc1c2[nH]c2ccccc12. The van der Waals surface area contributed by atoms with Crippen LogP contribution >= 0.6 is 0 Å². The molecule has 3 heterocycles. The first-order chi connectivity index (χ1) is 14.9. The van der Waals surface area contributed by atoms with Gasteiger partial charge in [0.2, 0.25) is 5.91 Å². The van der Waals surface area contributed by atoms with Crippen LogP contribution in [0.25, 0.3) is 10.9 Å². The summed E-state index contributed by atoms with van der Waals surface area (Å²) in [5, 5.41) is 17.3. The molecule has 9 nitrogen and oxygen atoms in total. The van der Waals surface area contributed by atoms with Crippen molar-refractivity contribution in [1.29, 1.82) is 0 Å². The zero-order valence-corrected chi connectivity index (χ0v) is 16.7. The summed E-state index contributed by atoms with van der Waals surface area (Å²) in [4.78, 5) is 41.8. The quantitative estimate of drug-likeness (QED) is 0.401. The molecule has 5 rings (SSSR count). The van der Waals surface area contributed by atoms with E-state index in [0.717, 1.165) is 22.2 Å². The zero-order chi connectivity index (χ0) is 21.8. The molecule has 156 valence electrons. The van der Waals surface area contributed by atoms with Crippen LogP contribution in [0.1, 0.15) is 23.7 Å². The summed E-state index contributed by atoms with van der Waals surface area (Å²) >= 11 is 0. The van der Waals surface area contributed by atoms with Crippen molar-refractivity contribution in [3.05, 3.63) is 75.5 Å². The predicted octanol–water partition coefficient (Wildman–Crippen LogP) is 2.55. The Morgan fingerprint density at radius 1 is 1.16 bits per heavy atom. The molecule has 0 radical (unpaired) electrons. The summed E-state index contributed by atoms with van der Waals surface area (Å²) in [6.07, 6.45) is 2.11. The van der Waals surface area contributed by atoms with Gasteiger partial charge in [0, 0.05) is 29.6 Å². The van der Waals surface area contributed by atoms with Crippen LogP contribution in [-0.2, 0) is 21.5 Å². The van der Waals surface area contributed by atoms with E-state index in [-0.39, 0.29) is 24.0 Å². The molecule has 1 saturated heterocycles. The lowest BCUT2D eigenvalue weighted by Crippen LogP contribution is -2.65. The number of fused-ring (bicyclic) bond motifs is 5. The molecular formula is C22H19N5O4. The van der Waals surface area contributed by atoms with Gasteiger partial charge in [0.25, 0.3) is 11.6 Å². The van der Waals surface area contributed by atoms with E-state index >= 15 is 0 Å². The summed E-state index contributed by atoms with van der Waals surface area (Å²) < 4.78 is 0. The van der Waals surface area contributed by atoms with Gasteiger partial charge in [0.05, 0.1) is 16.8 Å². The van der Waals surface area contributed by atoms with Crippen LogP contribution in [0.4, 0.5) is 5.69 Å². The van der Waals surface area contributed by atoms with Gasteiger partial charge in [0.15, 0.2) is 5.54 Å². The summed E-state index contributed by atoms with van der Waals surface area (Å²) in [7, 11) is 0. The Hall–Kier alpha value is -4.01. The first-order valence-corrected chi connectivity index (χ1v) is 9.90. The Morgan fingerprint density at radius 2 is 1.90 bits per heavy atom. The lowest BCUT2D eigenvalue weighted by Gasteiger charge is -2.48. The molecule has 1 N–H and O–H groups in total. The molecule has 3 aromatic rings. The third-order valence-corrected chi connectivity index (χ3v) is 6.11. The average molecular weight is 417 g/mol. The van der Waals surface area contributed by atoms with Crippen LogP contribution in [0, 0.1) is 10.1 Å². The van der Waals surface area contributed by atoms with E-state index in [0.29, 0.717) is 18.5 Å². The third kappa shape index (κ3) is 2.81. The molecule has 1 atom stereocenters. The van der Waals surface area contributed by atoms with E-state index in [4.69, 9.17) is 0 Å². The summed E-state index contributed by atoms with van der Waals surface area (Å²) in [5.74, 6) is -0.468. The van der Waals surface area contributed by atoms with Crippen LogP contribution in [0.3, 0.4) is 0 Å². The Labute approximate surface area is 177 Å². The maximum Gasteiger partial charge on any atom is 0.275 e. The Kier molecular flexibility index (Phi) is 4.14. The van der Waals surface area contributed by atoms with Crippen molar-refractivity contribution < 1.29 is 14.5 Å². The second kappa shape index (κ2) is 6.76. The average Bonchev–Trinajstić information content (AvgIpc) is 3.16. The number of hydrazone groups is 1. The molecule has 2 aromatic carbocycles. The van der Waals surface area contributed by atoms with Gasteiger partial charge in [-0.2, -0.15) is 5.10 Å². The Morgan fingerprint density at radius 3 is 2.65 bits per heavy atom. The van der Waals surface area contributed by atoms with Gasteiger partial charge in [-0.1, -0.05) is 18.2 Å². The number of nitro groups is 1. The monoisotopic (exact) mass is 417 g/mol. The normalized spacial score (nSPS) is 20.9. The molecule has 2 aliphatic rings. The van der Waals surface area contributed by atoms with Crippen LogP contribution in [0.15, 0.2) is 53.6 Å². The third-order valence-electron chi connectivity index (χ3n) is 6.11. The molecule has 9 heteroatoms. The van der Waals surface area contributed by atoms with Crippen molar-refractivity contribution in [1.82, 2.24) is 14.9 Å². The fourth-order valence-electron chi connectivity index (χ4n) is 4.50. The molecule has 0 aliphatic carbocycles. The smallest absolute Gasteiger partial charge is 0.275 e. The van der Waals surface area contributed by atoms with E-state index in [1.54, 1.807) is 24.0 Å². The number of benzene rings is 2. The molecule has 1 aromatic heterocycles. The number of nitro benzene ring substituents is 1. The second-order valence-corrected chi connectivity index (χ2v) is 7.85. The molecule has 0 spiro atoms. The van der Waals surface area contributed by atoms with E-state index in [2.05, 4.69) is 10.1 Å².